The highest BCUT2D eigenvalue weighted by Crippen LogP contribution is 2.29. The molecule has 94 valence electrons. The Morgan fingerprint density at radius 3 is 2.33 bits per heavy atom. The molecule has 0 aliphatic rings. The van der Waals surface area contributed by atoms with Crippen molar-refractivity contribution in [3.63, 3.8) is 0 Å². The van der Waals surface area contributed by atoms with Crippen molar-refractivity contribution < 1.29 is 9.53 Å². The normalized spacial score (nSPS) is 9.39. The number of para-hydroxylation sites is 1. The Kier molecular flexibility index (Phi) is 5.12. The van der Waals surface area contributed by atoms with E-state index < -0.39 is 0 Å². The Bertz CT molecular complexity index is 501. The first-order valence-corrected chi connectivity index (χ1v) is 5.51. The third kappa shape index (κ3) is 2.98. The third-order valence-electron chi connectivity index (χ3n) is 2.69. The summed E-state index contributed by atoms with van der Waals surface area (Å²) in [7, 11) is 1.67. The molecule has 2 nitrogen and oxygen atoms in total. The highest BCUT2D eigenvalue weighted by molar-refractivity contribution is 5.70. The lowest BCUT2D eigenvalue weighted by molar-refractivity contribution is -0.107. The number of hydrogen-bond donors (Lipinski definition) is 0. The highest BCUT2D eigenvalue weighted by Gasteiger charge is 2.04. The standard InChI is InChI=1S/C15H14O2.CH4/c1-17-15-5-3-2-4-14(15)13-8-6-12(7-9-13)10-11-16;/h2-9,11H,10H2,1H3;1H4. The van der Waals surface area contributed by atoms with Crippen LogP contribution in [0.15, 0.2) is 48.5 Å². The molecular formula is C16H18O2. The van der Waals surface area contributed by atoms with Crippen LogP contribution in [-0.4, -0.2) is 13.4 Å². The molecule has 2 rings (SSSR count). The van der Waals surface area contributed by atoms with E-state index in [0.29, 0.717) is 6.42 Å². The molecule has 0 saturated heterocycles. The van der Waals surface area contributed by atoms with Crippen molar-refractivity contribution in [1.29, 1.82) is 0 Å². The summed E-state index contributed by atoms with van der Waals surface area (Å²) < 4.78 is 5.32. The van der Waals surface area contributed by atoms with Gasteiger partial charge in [0.1, 0.15) is 12.0 Å². The maximum atomic E-state index is 10.4. The molecule has 0 aliphatic heterocycles. The van der Waals surface area contributed by atoms with Crippen LogP contribution in [0.2, 0.25) is 0 Å². The second-order valence-electron chi connectivity index (χ2n) is 3.77. The van der Waals surface area contributed by atoms with Crippen molar-refractivity contribution in [1.82, 2.24) is 0 Å². The second-order valence-corrected chi connectivity index (χ2v) is 3.77. The molecule has 18 heavy (non-hydrogen) atoms. The molecule has 0 atom stereocenters. The molecule has 2 heteroatoms. The molecule has 0 radical (unpaired) electrons. The van der Waals surface area contributed by atoms with Crippen LogP contribution in [0.5, 0.6) is 5.75 Å². The zero-order valence-electron chi connectivity index (χ0n) is 9.72. The highest BCUT2D eigenvalue weighted by atomic mass is 16.5. The number of ether oxygens (including phenoxy) is 1. The van der Waals surface area contributed by atoms with E-state index in [-0.39, 0.29) is 7.43 Å². The molecular weight excluding hydrogens is 224 g/mol. The molecule has 0 N–H and O–H groups in total. The number of benzene rings is 2. The van der Waals surface area contributed by atoms with Gasteiger partial charge in [0.05, 0.1) is 7.11 Å². The van der Waals surface area contributed by atoms with Crippen LogP contribution in [0.3, 0.4) is 0 Å². The Morgan fingerprint density at radius 1 is 1.06 bits per heavy atom. The van der Waals surface area contributed by atoms with Crippen molar-refractivity contribution in [3.05, 3.63) is 54.1 Å². The van der Waals surface area contributed by atoms with E-state index in [4.69, 9.17) is 4.74 Å². The topological polar surface area (TPSA) is 26.3 Å². The van der Waals surface area contributed by atoms with Crippen molar-refractivity contribution in [2.24, 2.45) is 0 Å². The van der Waals surface area contributed by atoms with Gasteiger partial charge in [0.2, 0.25) is 0 Å². The predicted molar refractivity (Wildman–Crippen MR) is 74.9 cm³/mol. The van der Waals surface area contributed by atoms with Crippen molar-refractivity contribution in [2.45, 2.75) is 13.8 Å². The van der Waals surface area contributed by atoms with Gasteiger partial charge in [-0.05, 0) is 17.2 Å². The van der Waals surface area contributed by atoms with Gasteiger partial charge in [-0.15, -0.1) is 0 Å². The lowest BCUT2D eigenvalue weighted by Crippen LogP contribution is -1.89. The molecule has 0 aromatic heterocycles. The average molecular weight is 242 g/mol. The van der Waals surface area contributed by atoms with Crippen molar-refractivity contribution >= 4 is 6.29 Å². The zero-order valence-corrected chi connectivity index (χ0v) is 9.72. The summed E-state index contributed by atoms with van der Waals surface area (Å²) in [6.07, 6.45) is 1.38. The number of carbonyl (C=O) groups is 1. The lowest BCUT2D eigenvalue weighted by atomic mass is 10.0. The fourth-order valence-corrected chi connectivity index (χ4v) is 1.80. The summed E-state index contributed by atoms with van der Waals surface area (Å²) in [5, 5.41) is 0. The summed E-state index contributed by atoms with van der Waals surface area (Å²) in [6, 6.07) is 15.8. The smallest absolute Gasteiger partial charge is 0.126 e. The Labute approximate surface area is 108 Å². The van der Waals surface area contributed by atoms with Crippen LogP contribution >= 0.6 is 0 Å². The molecule has 0 spiro atoms. The molecule has 0 unspecified atom stereocenters. The molecule has 2 aromatic rings. The molecule has 0 fully saturated rings. The van der Waals surface area contributed by atoms with Gasteiger partial charge in [0.25, 0.3) is 0 Å². The first-order valence-electron chi connectivity index (χ1n) is 5.51. The summed E-state index contributed by atoms with van der Waals surface area (Å²) >= 11 is 0. The SMILES string of the molecule is C.COc1ccccc1-c1ccc(CC=O)cc1. The van der Waals surface area contributed by atoms with Gasteiger partial charge < -0.3 is 9.53 Å². The summed E-state index contributed by atoms with van der Waals surface area (Å²) in [5.74, 6) is 0.857. The molecule has 0 saturated carbocycles. The third-order valence-corrected chi connectivity index (χ3v) is 2.69. The molecule has 2 aromatic carbocycles. The van der Waals surface area contributed by atoms with E-state index in [2.05, 4.69) is 0 Å². The largest absolute Gasteiger partial charge is 0.496 e. The van der Waals surface area contributed by atoms with Gasteiger partial charge in [-0.25, -0.2) is 0 Å². The predicted octanol–water partition coefficient (Wildman–Crippen LogP) is 3.74. The Hall–Kier alpha value is -2.09. The number of rotatable bonds is 4. The number of carbonyl (C=O) groups excluding carboxylic acids is 1. The maximum absolute atomic E-state index is 10.4. The average Bonchev–Trinajstić information content (AvgIpc) is 2.40. The zero-order chi connectivity index (χ0) is 12.1. The van der Waals surface area contributed by atoms with E-state index in [1.807, 2.05) is 48.5 Å². The fourth-order valence-electron chi connectivity index (χ4n) is 1.80. The quantitative estimate of drug-likeness (QED) is 0.763. The number of hydrogen-bond acceptors (Lipinski definition) is 2. The van der Waals surface area contributed by atoms with Gasteiger partial charge in [0.15, 0.2) is 0 Å². The fraction of sp³-hybridized carbons (Fsp3) is 0.188. The summed E-state index contributed by atoms with van der Waals surface area (Å²) in [6.45, 7) is 0. The van der Waals surface area contributed by atoms with Gasteiger partial charge in [-0.3, -0.25) is 0 Å². The van der Waals surface area contributed by atoms with Crippen LogP contribution in [0.25, 0.3) is 11.1 Å². The van der Waals surface area contributed by atoms with Crippen LogP contribution < -0.4 is 4.74 Å². The van der Waals surface area contributed by atoms with Gasteiger partial charge in [0, 0.05) is 12.0 Å². The lowest BCUT2D eigenvalue weighted by Gasteiger charge is -2.08. The van der Waals surface area contributed by atoms with Crippen LogP contribution in [-0.2, 0) is 11.2 Å². The van der Waals surface area contributed by atoms with Gasteiger partial charge in [-0.2, -0.15) is 0 Å². The monoisotopic (exact) mass is 242 g/mol. The van der Waals surface area contributed by atoms with Crippen LogP contribution in [0.4, 0.5) is 0 Å². The second kappa shape index (κ2) is 6.60. The van der Waals surface area contributed by atoms with E-state index in [0.717, 1.165) is 28.7 Å². The van der Waals surface area contributed by atoms with E-state index in [1.165, 1.54) is 0 Å². The van der Waals surface area contributed by atoms with Gasteiger partial charge >= 0.3 is 0 Å². The van der Waals surface area contributed by atoms with Crippen LogP contribution in [0.1, 0.15) is 13.0 Å². The van der Waals surface area contributed by atoms with Gasteiger partial charge in [-0.1, -0.05) is 49.9 Å². The summed E-state index contributed by atoms with van der Waals surface area (Å²) in [5.41, 5.74) is 3.18. The minimum Gasteiger partial charge on any atom is -0.496 e. The number of methoxy groups -OCH3 is 1. The van der Waals surface area contributed by atoms with Crippen molar-refractivity contribution in [2.75, 3.05) is 7.11 Å². The van der Waals surface area contributed by atoms with Crippen molar-refractivity contribution in [3.8, 4) is 16.9 Å². The minimum absolute atomic E-state index is 0. The molecule has 0 heterocycles. The minimum atomic E-state index is 0. The Morgan fingerprint density at radius 2 is 1.72 bits per heavy atom. The van der Waals surface area contributed by atoms with E-state index in [1.54, 1.807) is 7.11 Å². The summed E-state index contributed by atoms with van der Waals surface area (Å²) in [4.78, 5) is 10.4. The van der Waals surface area contributed by atoms with Crippen LogP contribution in [0, 0.1) is 0 Å². The van der Waals surface area contributed by atoms with E-state index in [9.17, 15) is 4.79 Å². The first kappa shape index (κ1) is 14.0. The Balaban J connectivity index is 0.00000162. The molecule has 0 bridgehead atoms. The maximum Gasteiger partial charge on any atom is 0.126 e. The molecule has 0 amide bonds. The number of aldehydes is 1. The van der Waals surface area contributed by atoms with E-state index >= 15 is 0 Å². The first-order chi connectivity index (χ1) is 8.35. The molecule has 0 aliphatic carbocycles.